The molecule has 1 aromatic heterocycles. The van der Waals surface area contributed by atoms with Gasteiger partial charge in [-0.2, -0.15) is 16.8 Å². The molecule has 14 heteroatoms. The first-order chi connectivity index (χ1) is 13.0. The summed E-state index contributed by atoms with van der Waals surface area (Å²) < 4.78 is 65.4. The van der Waals surface area contributed by atoms with E-state index >= 15 is 0 Å². The summed E-state index contributed by atoms with van der Waals surface area (Å²) in [6.07, 6.45) is 0. The number of aromatic amines is 1. The second kappa shape index (κ2) is 10.1. The number of nitrogens with one attached hydrogen (secondary N) is 2. The number of anilines is 1. The largest absolute Gasteiger partial charge is 1.00 e. The summed E-state index contributed by atoms with van der Waals surface area (Å²) in [6, 6.07) is 10.7. The first-order valence-electron chi connectivity index (χ1n) is 7.70. The number of aromatic nitrogens is 2. The Morgan fingerprint density at radius 2 is 1.63 bits per heavy atom. The van der Waals surface area contributed by atoms with Crippen molar-refractivity contribution >= 4 is 25.9 Å². The second-order valence-electron chi connectivity index (χ2n) is 5.75. The van der Waals surface area contributed by atoms with E-state index in [2.05, 4.69) is 10.4 Å². The van der Waals surface area contributed by atoms with Crippen LogP contribution in [0.25, 0.3) is 16.9 Å². The van der Waals surface area contributed by atoms with Crippen LogP contribution in [0.4, 0.5) is 5.69 Å². The van der Waals surface area contributed by atoms with Gasteiger partial charge in [0.1, 0.15) is 4.90 Å². The molecule has 0 amide bonds. The van der Waals surface area contributed by atoms with Crippen molar-refractivity contribution in [2.75, 3.05) is 12.4 Å². The van der Waals surface area contributed by atoms with E-state index in [1.807, 2.05) is 6.07 Å². The summed E-state index contributed by atoms with van der Waals surface area (Å²) >= 11 is 0. The summed E-state index contributed by atoms with van der Waals surface area (Å²) in [6.45, 7) is 0. The predicted octanol–water partition coefficient (Wildman–Crippen LogP) is -4.40. The van der Waals surface area contributed by atoms with Crippen LogP contribution in [0.3, 0.4) is 0 Å². The summed E-state index contributed by atoms with van der Waals surface area (Å²) in [4.78, 5) is 10.8. The molecule has 0 aliphatic rings. The fourth-order valence-corrected chi connectivity index (χ4v) is 3.89. The second-order valence-corrected chi connectivity index (χ2v) is 8.57. The summed E-state index contributed by atoms with van der Waals surface area (Å²) in [5.74, 6) is 0. The molecule has 3 rings (SSSR count). The number of benzene rings is 2. The van der Waals surface area contributed by atoms with E-state index in [0.29, 0.717) is 17.3 Å². The molecule has 0 aliphatic heterocycles. The summed E-state index contributed by atoms with van der Waals surface area (Å²) in [7, 11) is -7.91. The van der Waals surface area contributed by atoms with Crippen LogP contribution < -0.4 is 70.0 Å². The van der Waals surface area contributed by atoms with Gasteiger partial charge in [0.2, 0.25) is 0 Å². The van der Waals surface area contributed by atoms with Gasteiger partial charge in [-0.1, -0.05) is 12.1 Å². The van der Waals surface area contributed by atoms with Crippen molar-refractivity contribution in [3.8, 4) is 16.9 Å². The van der Waals surface area contributed by atoms with E-state index in [-0.39, 0.29) is 67.7 Å². The number of hydrogen-bond donors (Lipinski definition) is 4. The Kier molecular flexibility index (Phi) is 9.15. The predicted molar refractivity (Wildman–Crippen MR) is 103 cm³/mol. The molecule has 0 unspecified atom stereocenters. The molecule has 1 heterocycles. The third kappa shape index (κ3) is 5.85. The van der Waals surface area contributed by atoms with Crippen molar-refractivity contribution in [3.63, 3.8) is 0 Å². The topological polar surface area (TPSA) is 159 Å². The maximum atomic E-state index is 12.4. The Bertz CT molecular complexity index is 1340. The van der Waals surface area contributed by atoms with Gasteiger partial charge >= 0.3 is 59.1 Å². The maximum absolute atomic E-state index is 12.4. The molecular weight excluding hydrogens is 456 g/mol. The molecule has 0 spiro atoms. The molecular formula is C16H17N3Na2O7S2. The minimum absolute atomic E-state index is 0. The Labute approximate surface area is 219 Å². The van der Waals surface area contributed by atoms with Gasteiger partial charge in [-0.3, -0.25) is 19.0 Å². The molecule has 30 heavy (non-hydrogen) atoms. The Morgan fingerprint density at radius 3 is 2.20 bits per heavy atom. The molecule has 0 atom stereocenters. The summed E-state index contributed by atoms with van der Waals surface area (Å²) in [5.41, 5.74) is 0.820. The van der Waals surface area contributed by atoms with Crippen LogP contribution in [-0.2, 0) is 20.2 Å². The van der Waals surface area contributed by atoms with E-state index in [4.69, 9.17) is 4.55 Å². The SMILES string of the molecule is CNc1cccc(-c2cc(=O)n(-c3ccc(S(=O)(=O)O)cc3S(=O)(=O)O)[nH]2)c1.[H-].[H-].[Na+].[Na+]. The molecule has 0 saturated carbocycles. The van der Waals surface area contributed by atoms with Crippen LogP contribution in [0.15, 0.2) is 63.1 Å². The van der Waals surface area contributed by atoms with Gasteiger partial charge in [0.25, 0.3) is 25.8 Å². The van der Waals surface area contributed by atoms with E-state index in [0.717, 1.165) is 22.5 Å². The molecule has 0 aliphatic carbocycles. The van der Waals surface area contributed by atoms with Gasteiger partial charge in [0.15, 0.2) is 0 Å². The number of hydrogen-bond acceptors (Lipinski definition) is 6. The molecule has 0 bridgehead atoms. The first-order valence-corrected chi connectivity index (χ1v) is 10.6. The van der Waals surface area contributed by atoms with Gasteiger partial charge < -0.3 is 8.17 Å². The Balaban J connectivity index is 0. The average molecular weight is 473 g/mol. The number of H-pyrrole nitrogens is 1. The minimum Gasteiger partial charge on any atom is -1.00 e. The van der Waals surface area contributed by atoms with Crippen molar-refractivity contribution in [1.82, 2.24) is 9.78 Å². The van der Waals surface area contributed by atoms with E-state index < -0.39 is 35.6 Å². The number of rotatable bonds is 5. The van der Waals surface area contributed by atoms with E-state index in [1.54, 1.807) is 25.2 Å². The molecule has 3 aromatic rings. The van der Waals surface area contributed by atoms with Crippen LogP contribution in [0.1, 0.15) is 2.85 Å². The van der Waals surface area contributed by atoms with Crippen LogP contribution in [0, 0.1) is 0 Å². The fraction of sp³-hybridized carbons (Fsp3) is 0.0625. The summed E-state index contributed by atoms with van der Waals surface area (Å²) in [5, 5.41) is 5.67. The van der Waals surface area contributed by atoms with Crippen LogP contribution >= 0.6 is 0 Å². The van der Waals surface area contributed by atoms with Gasteiger partial charge in [0.05, 0.1) is 16.3 Å². The molecule has 2 aromatic carbocycles. The number of nitrogens with zero attached hydrogens (tertiary/aromatic N) is 1. The van der Waals surface area contributed by atoms with E-state index in [9.17, 15) is 26.2 Å². The molecule has 152 valence electrons. The maximum Gasteiger partial charge on any atom is 1.00 e. The van der Waals surface area contributed by atoms with Gasteiger partial charge in [0, 0.05) is 24.4 Å². The molecule has 10 nitrogen and oxygen atoms in total. The average Bonchev–Trinajstić information content (AvgIpc) is 3.01. The zero-order valence-electron chi connectivity index (χ0n) is 18.3. The van der Waals surface area contributed by atoms with Crippen LogP contribution in [0.2, 0.25) is 0 Å². The third-order valence-corrected chi connectivity index (χ3v) is 5.66. The quantitative estimate of drug-likeness (QED) is 0.214. The van der Waals surface area contributed by atoms with Crippen molar-refractivity contribution in [2.45, 2.75) is 9.79 Å². The van der Waals surface area contributed by atoms with Gasteiger partial charge in [-0.05, 0) is 30.3 Å². The van der Waals surface area contributed by atoms with Crippen LogP contribution in [-0.4, -0.2) is 42.8 Å². The monoisotopic (exact) mass is 473 g/mol. The van der Waals surface area contributed by atoms with Gasteiger partial charge in [-0.15, -0.1) is 0 Å². The zero-order chi connectivity index (χ0) is 20.7. The van der Waals surface area contributed by atoms with Crippen molar-refractivity contribution < 1.29 is 87.9 Å². The van der Waals surface area contributed by atoms with E-state index in [1.165, 1.54) is 6.07 Å². The Hall–Kier alpha value is -0.930. The first kappa shape index (κ1) is 27.1. The Morgan fingerprint density at radius 1 is 0.967 bits per heavy atom. The fourth-order valence-electron chi connectivity index (χ4n) is 2.61. The zero-order valence-corrected chi connectivity index (χ0v) is 22.0. The van der Waals surface area contributed by atoms with Gasteiger partial charge in [-0.25, -0.2) is 4.68 Å². The van der Waals surface area contributed by atoms with Crippen LogP contribution in [0.5, 0.6) is 0 Å². The smallest absolute Gasteiger partial charge is 1.00 e. The minimum atomic E-state index is -4.91. The molecule has 0 saturated heterocycles. The third-order valence-electron chi connectivity index (χ3n) is 3.93. The van der Waals surface area contributed by atoms with Crippen molar-refractivity contribution in [2.24, 2.45) is 0 Å². The molecule has 4 N–H and O–H groups in total. The van der Waals surface area contributed by atoms with Crippen molar-refractivity contribution in [3.05, 3.63) is 58.9 Å². The molecule has 0 radical (unpaired) electrons. The standard InChI is InChI=1S/C16H15N3O7S2.2Na.2H/c1-17-11-4-2-3-10(7-11)13-9-16(20)19(18-13)14-6-5-12(27(21,22)23)8-15(14)28(24,25)26;;;;/h2-9,17-18H,1H3,(H,21,22,23)(H,24,25,26);;;;/q;2*+1;2*-1. The molecule has 0 fully saturated rings. The van der Waals surface area contributed by atoms with Crippen molar-refractivity contribution in [1.29, 1.82) is 0 Å². The normalized spacial score (nSPS) is 11.3.